The van der Waals surface area contributed by atoms with Crippen molar-refractivity contribution in [1.29, 1.82) is 0 Å². The van der Waals surface area contributed by atoms with Crippen LogP contribution in [-0.2, 0) is 6.61 Å². The first-order valence-corrected chi connectivity index (χ1v) is 5.87. The number of para-hydroxylation sites is 1. The Kier molecular flexibility index (Phi) is 3.72. The normalized spacial score (nSPS) is 10.4. The molecule has 2 aromatic rings. The first-order chi connectivity index (χ1) is 8.58. The molecule has 2 rings (SSSR count). The summed E-state index contributed by atoms with van der Waals surface area (Å²) < 4.78 is 18.9. The van der Waals surface area contributed by atoms with Crippen LogP contribution in [0.15, 0.2) is 36.4 Å². The van der Waals surface area contributed by atoms with Crippen LogP contribution in [0.1, 0.15) is 11.1 Å². The van der Waals surface area contributed by atoms with Crippen molar-refractivity contribution in [2.75, 3.05) is 5.73 Å². The maximum Gasteiger partial charge on any atom is 0.178 e. The van der Waals surface area contributed by atoms with E-state index in [1.807, 2.05) is 25.1 Å². The fourth-order valence-corrected chi connectivity index (χ4v) is 1.89. The average molecular weight is 266 g/mol. The lowest BCUT2D eigenvalue weighted by molar-refractivity contribution is 0.292. The summed E-state index contributed by atoms with van der Waals surface area (Å²) in [5, 5.41) is 0.602. The topological polar surface area (TPSA) is 35.2 Å². The first-order valence-electron chi connectivity index (χ1n) is 5.50. The molecule has 4 heteroatoms. The van der Waals surface area contributed by atoms with Gasteiger partial charge in [-0.15, -0.1) is 0 Å². The van der Waals surface area contributed by atoms with Gasteiger partial charge in [0.2, 0.25) is 0 Å². The maximum absolute atomic E-state index is 13.5. The molecule has 0 aliphatic rings. The number of benzene rings is 2. The number of aryl methyl sites for hydroxylation is 1. The molecule has 0 heterocycles. The van der Waals surface area contributed by atoms with Gasteiger partial charge in [-0.05, 0) is 30.7 Å². The Bertz CT molecular complexity index is 551. The number of nitrogen functional groups attached to an aromatic ring is 1. The van der Waals surface area contributed by atoms with Gasteiger partial charge < -0.3 is 10.5 Å². The second kappa shape index (κ2) is 5.27. The molecule has 2 nitrogen and oxygen atoms in total. The van der Waals surface area contributed by atoms with Crippen LogP contribution in [0.2, 0.25) is 5.02 Å². The Morgan fingerprint density at radius 2 is 2.06 bits per heavy atom. The van der Waals surface area contributed by atoms with Crippen molar-refractivity contribution in [1.82, 2.24) is 0 Å². The highest BCUT2D eigenvalue weighted by molar-refractivity contribution is 6.31. The van der Waals surface area contributed by atoms with Gasteiger partial charge in [-0.3, -0.25) is 0 Å². The van der Waals surface area contributed by atoms with E-state index >= 15 is 0 Å². The number of halogens is 2. The monoisotopic (exact) mass is 265 g/mol. The van der Waals surface area contributed by atoms with E-state index in [4.69, 9.17) is 22.1 Å². The van der Waals surface area contributed by atoms with Crippen molar-refractivity contribution >= 4 is 17.3 Å². The summed E-state index contributed by atoms with van der Waals surface area (Å²) in [6.45, 7) is 2.13. The van der Waals surface area contributed by atoms with E-state index in [1.165, 1.54) is 12.1 Å². The first kappa shape index (κ1) is 12.7. The van der Waals surface area contributed by atoms with Gasteiger partial charge in [0.15, 0.2) is 11.6 Å². The maximum atomic E-state index is 13.5. The lowest BCUT2D eigenvalue weighted by Gasteiger charge is -2.11. The Morgan fingerprint density at radius 1 is 1.28 bits per heavy atom. The molecule has 0 bridgehead atoms. The summed E-state index contributed by atoms with van der Waals surface area (Å²) in [6, 6.07) is 10.1. The molecule has 0 unspecified atom stereocenters. The average Bonchev–Trinajstić information content (AvgIpc) is 2.31. The van der Waals surface area contributed by atoms with Crippen LogP contribution in [0, 0.1) is 12.7 Å². The zero-order chi connectivity index (χ0) is 13.1. The Balaban J connectivity index is 2.16. The van der Waals surface area contributed by atoms with Gasteiger partial charge in [0.25, 0.3) is 0 Å². The molecule has 0 spiro atoms. The summed E-state index contributed by atoms with van der Waals surface area (Å²) in [5.41, 5.74) is 7.79. The van der Waals surface area contributed by atoms with Crippen LogP contribution in [0.25, 0.3) is 0 Å². The van der Waals surface area contributed by atoms with E-state index in [0.29, 0.717) is 5.02 Å². The van der Waals surface area contributed by atoms with Gasteiger partial charge in [0.05, 0.1) is 5.69 Å². The van der Waals surface area contributed by atoms with Gasteiger partial charge in [-0.2, -0.15) is 0 Å². The summed E-state index contributed by atoms with van der Waals surface area (Å²) in [4.78, 5) is 0. The van der Waals surface area contributed by atoms with Gasteiger partial charge in [0.1, 0.15) is 6.61 Å². The van der Waals surface area contributed by atoms with E-state index in [1.54, 1.807) is 6.07 Å². The largest absolute Gasteiger partial charge is 0.484 e. The molecule has 0 radical (unpaired) electrons. The SMILES string of the molecule is Cc1ccc(COc2c(N)cccc2F)c(Cl)c1. The molecular weight excluding hydrogens is 253 g/mol. The van der Waals surface area contributed by atoms with Gasteiger partial charge in [-0.25, -0.2) is 4.39 Å². The quantitative estimate of drug-likeness (QED) is 0.853. The van der Waals surface area contributed by atoms with Crippen molar-refractivity contribution in [3.05, 3.63) is 58.4 Å². The number of hydrogen-bond acceptors (Lipinski definition) is 2. The molecule has 0 saturated carbocycles. The molecular formula is C14H13ClFNO. The summed E-state index contributed by atoms with van der Waals surface area (Å²) in [6.07, 6.45) is 0. The fraction of sp³-hybridized carbons (Fsp3) is 0.143. The fourth-order valence-electron chi connectivity index (χ4n) is 1.60. The summed E-state index contributed by atoms with van der Waals surface area (Å²) in [5.74, 6) is -0.410. The standard InChI is InChI=1S/C14H13ClFNO/c1-9-5-6-10(11(15)7-9)8-18-14-12(16)3-2-4-13(14)17/h2-7H,8,17H2,1H3. The number of nitrogens with two attached hydrogens (primary N) is 1. The predicted octanol–water partition coefficient (Wildman–Crippen LogP) is 3.95. The molecule has 2 N–H and O–H groups in total. The van der Waals surface area contributed by atoms with Crippen molar-refractivity contribution in [2.24, 2.45) is 0 Å². The number of anilines is 1. The van der Waals surface area contributed by atoms with Crippen molar-refractivity contribution in [3.8, 4) is 5.75 Å². The molecule has 18 heavy (non-hydrogen) atoms. The van der Waals surface area contributed by atoms with E-state index in [2.05, 4.69) is 0 Å². The van der Waals surface area contributed by atoms with Crippen molar-refractivity contribution in [2.45, 2.75) is 13.5 Å². The molecule has 0 aliphatic heterocycles. The molecule has 0 aliphatic carbocycles. The summed E-state index contributed by atoms with van der Waals surface area (Å²) >= 11 is 6.07. The molecule has 0 saturated heterocycles. The third kappa shape index (κ3) is 2.74. The van der Waals surface area contributed by atoms with E-state index in [0.717, 1.165) is 11.1 Å². The molecule has 0 aromatic heterocycles. The van der Waals surface area contributed by atoms with E-state index < -0.39 is 5.82 Å². The number of rotatable bonds is 3. The van der Waals surface area contributed by atoms with Crippen LogP contribution < -0.4 is 10.5 Å². The highest BCUT2D eigenvalue weighted by atomic mass is 35.5. The second-order valence-corrected chi connectivity index (χ2v) is 4.45. The van der Waals surface area contributed by atoms with Crippen LogP contribution in [0.5, 0.6) is 5.75 Å². The lowest BCUT2D eigenvalue weighted by Crippen LogP contribution is -2.01. The molecule has 0 amide bonds. The highest BCUT2D eigenvalue weighted by Crippen LogP contribution is 2.27. The van der Waals surface area contributed by atoms with Crippen molar-refractivity contribution < 1.29 is 9.13 Å². The van der Waals surface area contributed by atoms with Gasteiger partial charge in [-0.1, -0.05) is 29.8 Å². The minimum Gasteiger partial charge on any atom is -0.484 e. The molecule has 94 valence electrons. The second-order valence-electron chi connectivity index (χ2n) is 4.04. The Hall–Kier alpha value is -1.74. The Morgan fingerprint density at radius 3 is 2.72 bits per heavy atom. The molecule has 2 aromatic carbocycles. The zero-order valence-corrected chi connectivity index (χ0v) is 10.7. The highest BCUT2D eigenvalue weighted by Gasteiger charge is 2.08. The van der Waals surface area contributed by atoms with Crippen molar-refractivity contribution in [3.63, 3.8) is 0 Å². The van der Waals surface area contributed by atoms with Crippen LogP contribution >= 0.6 is 11.6 Å². The minimum atomic E-state index is -0.474. The smallest absolute Gasteiger partial charge is 0.178 e. The number of ether oxygens (including phenoxy) is 1. The minimum absolute atomic E-state index is 0.0640. The zero-order valence-electron chi connectivity index (χ0n) is 9.91. The third-order valence-corrected chi connectivity index (χ3v) is 2.93. The van der Waals surface area contributed by atoms with Crippen LogP contribution in [0.4, 0.5) is 10.1 Å². The van der Waals surface area contributed by atoms with Gasteiger partial charge >= 0.3 is 0 Å². The van der Waals surface area contributed by atoms with Gasteiger partial charge in [0, 0.05) is 10.6 Å². The van der Waals surface area contributed by atoms with Crippen LogP contribution in [-0.4, -0.2) is 0 Å². The van der Waals surface area contributed by atoms with E-state index in [9.17, 15) is 4.39 Å². The third-order valence-electron chi connectivity index (χ3n) is 2.58. The van der Waals surface area contributed by atoms with E-state index in [-0.39, 0.29) is 18.0 Å². The number of hydrogen-bond donors (Lipinski definition) is 1. The summed E-state index contributed by atoms with van der Waals surface area (Å²) in [7, 11) is 0. The Labute approximate surface area is 110 Å². The molecule has 0 atom stereocenters. The van der Waals surface area contributed by atoms with Crippen LogP contribution in [0.3, 0.4) is 0 Å². The lowest BCUT2D eigenvalue weighted by atomic mass is 10.1. The predicted molar refractivity (Wildman–Crippen MR) is 71.3 cm³/mol. The molecule has 0 fully saturated rings.